The lowest BCUT2D eigenvalue weighted by atomic mass is 10.2. The molecular weight excluding hydrogens is 366 g/mol. The van der Waals surface area contributed by atoms with E-state index in [1.165, 1.54) is 12.1 Å². The molecule has 7 heteroatoms. The summed E-state index contributed by atoms with van der Waals surface area (Å²) >= 11 is 9.16. The molecule has 2 aromatic carbocycles. The maximum Gasteiger partial charge on any atom is 0.262 e. The molecule has 0 fully saturated rings. The molecule has 0 radical (unpaired) electrons. The third-order valence-corrected chi connectivity index (χ3v) is 5.32. The summed E-state index contributed by atoms with van der Waals surface area (Å²) in [5, 5.41) is 9.61. The van der Waals surface area contributed by atoms with Gasteiger partial charge in [0.15, 0.2) is 0 Å². The van der Waals surface area contributed by atoms with Gasteiger partial charge in [0.2, 0.25) is 0 Å². The Bertz CT molecular complexity index is 734. The highest BCUT2D eigenvalue weighted by Crippen LogP contribution is 2.27. The molecule has 0 spiro atoms. The average Bonchev–Trinajstić information content (AvgIpc) is 2.42. The Morgan fingerprint density at radius 3 is 2.55 bits per heavy atom. The molecule has 0 aliphatic rings. The van der Waals surface area contributed by atoms with E-state index in [2.05, 4.69) is 20.7 Å². The molecule has 0 amide bonds. The van der Waals surface area contributed by atoms with Crippen LogP contribution in [0.25, 0.3) is 0 Å². The van der Waals surface area contributed by atoms with E-state index in [1.54, 1.807) is 30.3 Å². The molecule has 0 bridgehead atoms. The van der Waals surface area contributed by atoms with Gasteiger partial charge in [0.05, 0.1) is 22.2 Å². The van der Waals surface area contributed by atoms with E-state index >= 15 is 0 Å². The van der Waals surface area contributed by atoms with Crippen LogP contribution < -0.4 is 4.72 Å². The maximum atomic E-state index is 12.3. The number of halogens is 2. The minimum absolute atomic E-state index is 0.0431. The van der Waals surface area contributed by atoms with Gasteiger partial charge >= 0.3 is 0 Å². The van der Waals surface area contributed by atoms with E-state index in [0.717, 1.165) is 0 Å². The first-order chi connectivity index (χ1) is 9.44. The number of aliphatic hydroxyl groups is 1. The Hall–Kier alpha value is -1.08. The first-order valence-electron chi connectivity index (χ1n) is 5.60. The molecule has 0 aliphatic carbocycles. The quantitative estimate of drug-likeness (QED) is 0.859. The van der Waals surface area contributed by atoms with E-state index in [9.17, 15) is 13.5 Å². The molecule has 0 aromatic heterocycles. The number of rotatable bonds is 4. The van der Waals surface area contributed by atoms with Crippen LogP contribution in [0.5, 0.6) is 0 Å². The van der Waals surface area contributed by atoms with Crippen LogP contribution >= 0.6 is 27.5 Å². The summed E-state index contributed by atoms with van der Waals surface area (Å²) in [6, 6.07) is 11.0. The van der Waals surface area contributed by atoms with Crippen molar-refractivity contribution < 1.29 is 13.5 Å². The van der Waals surface area contributed by atoms with E-state index in [4.69, 9.17) is 11.6 Å². The average molecular weight is 377 g/mol. The molecule has 20 heavy (non-hydrogen) atoms. The summed E-state index contributed by atoms with van der Waals surface area (Å²) in [5.41, 5.74) is 0.689. The van der Waals surface area contributed by atoms with E-state index in [1.807, 2.05) is 0 Å². The van der Waals surface area contributed by atoms with Crippen molar-refractivity contribution in [2.24, 2.45) is 0 Å². The summed E-state index contributed by atoms with van der Waals surface area (Å²) in [6.45, 7) is -0.349. The van der Waals surface area contributed by atoms with E-state index < -0.39 is 10.0 Å². The van der Waals surface area contributed by atoms with Crippen molar-refractivity contribution in [2.45, 2.75) is 11.5 Å². The van der Waals surface area contributed by atoms with Crippen molar-refractivity contribution in [3.8, 4) is 0 Å². The van der Waals surface area contributed by atoms with Crippen LogP contribution in [-0.4, -0.2) is 13.5 Å². The van der Waals surface area contributed by atoms with Gasteiger partial charge in [-0.15, -0.1) is 0 Å². The van der Waals surface area contributed by atoms with Gasteiger partial charge in [0.25, 0.3) is 10.0 Å². The molecule has 2 aromatic rings. The summed E-state index contributed by atoms with van der Waals surface area (Å²) in [4.78, 5) is 0.0431. The summed E-state index contributed by atoms with van der Waals surface area (Å²) in [5.74, 6) is 0. The fourth-order valence-electron chi connectivity index (χ4n) is 1.67. The lowest BCUT2D eigenvalue weighted by Gasteiger charge is -2.11. The third kappa shape index (κ3) is 3.32. The number of nitrogens with one attached hydrogen (secondary N) is 1. The van der Waals surface area contributed by atoms with Crippen LogP contribution in [0, 0.1) is 0 Å². The molecule has 2 rings (SSSR count). The zero-order valence-electron chi connectivity index (χ0n) is 10.2. The molecular formula is C13H11BrClNO3S. The SMILES string of the molecule is O=S(=O)(Nc1ccc(Br)c(Cl)c1)c1ccccc1CO. The van der Waals surface area contributed by atoms with E-state index in [0.29, 0.717) is 20.7 Å². The second kappa shape index (κ2) is 6.13. The van der Waals surface area contributed by atoms with Crippen molar-refractivity contribution in [3.63, 3.8) is 0 Å². The van der Waals surface area contributed by atoms with Gasteiger partial charge in [-0.25, -0.2) is 8.42 Å². The molecule has 4 nitrogen and oxygen atoms in total. The van der Waals surface area contributed by atoms with Crippen LogP contribution in [0.2, 0.25) is 5.02 Å². The number of sulfonamides is 1. The molecule has 0 aliphatic heterocycles. The third-order valence-electron chi connectivity index (χ3n) is 2.60. The topological polar surface area (TPSA) is 66.4 Å². The first-order valence-corrected chi connectivity index (χ1v) is 8.26. The zero-order valence-corrected chi connectivity index (χ0v) is 13.3. The Balaban J connectivity index is 2.38. The van der Waals surface area contributed by atoms with Crippen molar-refractivity contribution in [2.75, 3.05) is 4.72 Å². The van der Waals surface area contributed by atoms with Crippen molar-refractivity contribution in [1.82, 2.24) is 0 Å². The highest BCUT2D eigenvalue weighted by molar-refractivity contribution is 9.10. The van der Waals surface area contributed by atoms with Gasteiger partial charge in [-0.2, -0.15) is 0 Å². The maximum absolute atomic E-state index is 12.3. The summed E-state index contributed by atoms with van der Waals surface area (Å²) in [6.07, 6.45) is 0. The zero-order chi connectivity index (χ0) is 14.8. The monoisotopic (exact) mass is 375 g/mol. The normalized spacial score (nSPS) is 11.3. The van der Waals surface area contributed by atoms with Gasteiger partial charge in [-0.1, -0.05) is 29.8 Å². The highest BCUT2D eigenvalue weighted by atomic mass is 79.9. The summed E-state index contributed by atoms with van der Waals surface area (Å²) < 4.78 is 27.7. The lowest BCUT2D eigenvalue weighted by Crippen LogP contribution is -2.15. The summed E-state index contributed by atoms with van der Waals surface area (Å²) in [7, 11) is -3.77. The Kier molecular flexibility index (Phi) is 4.70. The van der Waals surface area contributed by atoms with Crippen LogP contribution in [0.4, 0.5) is 5.69 Å². The Morgan fingerprint density at radius 2 is 1.90 bits per heavy atom. The molecule has 0 saturated heterocycles. The second-order valence-electron chi connectivity index (χ2n) is 4.00. The number of anilines is 1. The van der Waals surface area contributed by atoms with Gasteiger partial charge < -0.3 is 5.11 Å². The second-order valence-corrected chi connectivity index (χ2v) is 6.91. The molecule has 0 heterocycles. The van der Waals surface area contributed by atoms with Gasteiger partial charge in [0, 0.05) is 4.47 Å². The molecule has 0 unspecified atom stereocenters. The molecule has 0 atom stereocenters. The fourth-order valence-corrected chi connectivity index (χ4v) is 3.38. The van der Waals surface area contributed by atoms with E-state index in [-0.39, 0.29) is 11.5 Å². The predicted molar refractivity (Wildman–Crippen MR) is 82.3 cm³/mol. The van der Waals surface area contributed by atoms with Gasteiger partial charge in [-0.3, -0.25) is 4.72 Å². The fraction of sp³-hybridized carbons (Fsp3) is 0.0769. The number of hydrogen-bond acceptors (Lipinski definition) is 3. The van der Waals surface area contributed by atoms with Crippen LogP contribution in [-0.2, 0) is 16.6 Å². The number of aliphatic hydroxyl groups excluding tert-OH is 1. The Labute approximate surface area is 130 Å². The molecule has 106 valence electrons. The number of hydrogen-bond donors (Lipinski definition) is 2. The lowest BCUT2D eigenvalue weighted by molar-refractivity contribution is 0.278. The van der Waals surface area contributed by atoms with Crippen molar-refractivity contribution in [1.29, 1.82) is 0 Å². The minimum atomic E-state index is -3.77. The van der Waals surface area contributed by atoms with Crippen molar-refractivity contribution in [3.05, 3.63) is 57.5 Å². The van der Waals surface area contributed by atoms with Gasteiger partial charge in [-0.05, 0) is 45.8 Å². The van der Waals surface area contributed by atoms with Crippen LogP contribution in [0.1, 0.15) is 5.56 Å². The molecule has 0 saturated carbocycles. The number of benzene rings is 2. The first kappa shape index (κ1) is 15.3. The smallest absolute Gasteiger partial charge is 0.262 e. The predicted octanol–water partition coefficient (Wildman–Crippen LogP) is 3.40. The largest absolute Gasteiger partial charge is 0.392 e. The van der Waals surface area contributed by atoms with Crippen LogP contribution in [0.3, 0.4) is 0 Å². The molecule has 2 N–H and O–H groups in total. The minimum Gasteiger partial charge on any atom is -0.392 e. The van der Waals surface area contributed by atoms with Crippen LogP contribution in [0.15, 0.2) is 51.8 Å². The Morgan fingerprint density at radius 1 is 1.20 bits per heavy atom. The van der Waals surface area contributed by atoms with Crippen molar-refractivity contribution >= 4 is 43.2 Å². The van der Waals surface area contributed by atoms with Gasteiger partial charge in [0.1, 0.15) is 0 Å². The highest BCUT2D eigenvalue weighted by Gasteiger charge is 2.18. The standard InChI is InChI=1S/C13H11BrClNO3S/c14-11-6-5-10(7-12(11)15)16-20(18,19)13-4-2-1-3-9(13)8-17/h1-7,16-17H,8H2.